The molecule has 0 spiro atoms. The number of nitrogens with one attached hydrogen (secondary N) is 3. The monoisotopic (exact) mass is 631 g/mol. The number of carbonyl (C=O) groups is 4. The molecule has 0 radical (unpaired) electrons. The van der Waals surface area contributed by atoms with E-state index in [4.69, 9.17) is 5.73 Å². The number of aliphatic hydroxyl groups is 1. The summed E-state index contributed by atoms with van der Waals surface area (Å²) in [5, 5.41) is 31.1. The fraction of sp³-hybridized carbons (Fsp3) is 0.621. The number of nitrogens with zero attached hydrogens (tertiary/aromatic N) is 5. The molecule has 2 heterocycles. The lowest BCUT2D eigenvalue weighted by Gasteiger charge is -2.35. The Morgan fingerprint density at radius 2 is 1.76 bits per heavy atom. The minimum atomic E-state index is -1.62. The third kappa shape index (κ3) is 12.3. The minimum Gasteiger partial charge on any atom is -0.381 e. The zero-order chi connectivity index (χ0) is 32.8. The molecular weight excluding hydrogens is 586 g/mol. The lowest BCUT2D eigenvalue weighted by atomic mass is 9.93. The summed E-state index contributed by atoms with van der Waals surface area (Å²) in [7, 11) is 2.09. The van der Waals surface area contributed by atoms with Crippen molar-refractivity contribution in [1.29, 1.82) is 0 Å². The Hall–Kier alpha value is -4.31. The highest BCUT2D eigenvalue weighted by Gasteiger charge is 2.33. The van der Waals surface area contributed by atoms with Crippen molar-refractivity contribution in [2.45, 2.75) is 50.7 Å². The van der Waals surface area contributed by atoms with Gasteiger partial charge in [0.1, 0.15) is 18.2 Å². The zero-order valence-electron chi connectivity index (χ0n) is 25.7. The molecule has 45 heavy (non-hydrogen) atoms. The lowest BCUT2D eigenvalue weighted by molar-refractivity contribution is -0.485. The van der Waals surface area contributed by atoms with Crippen LogP contribution in [0.2, 0.25) is 0 Å². The van der Waals surface area contributed by atoms with Crippen molar-refractivity contribution in [3.8, 4) is 0 Å². The van der Waals surface area contributed by atoms with E-state index < -0.39 is 41.5 Å². The molecule has 2 aliphatic rings. The smallest absolute Gasteiger partial charge is 0.266 e. The maximum Gasteiger partial charge on any atom is 0.266 e. The highest BCUT2D eigenvalue weighted by molar-refractivity contribution is 5.95. The molecule has 2 unspecified atom stereocenters. The van der Waals surface area contributed by atoms with Crippen molar-refractivity contribution in [1.82, 2.24) is 30.7 Å². The molecule has 0 saturated carbocycles. The largest absolute Gasteiger partial charge is 0.381 e. The number of guanidine groups is 1. The summed E-state index contributed by atoms with van der Waals surface area (Å²) in [5.74, 6) is -1.81. The van der Waals surface area contributed by atoms with Crippen molar-refractivity contribution in [3.63, 3.8) is 0 Å². The summed E-state index contributed by atoms with van der Waals surface area (Å²) in [6.07, 6.45) is 2.21. The predicted molar refractivity (Wildman–Crippen MR) is 165 cm³/mol. The van der Waals surface area contributed by atoms with Crippen LogP contribution >= 0.6 is 0 Å². The predicted octanol–water partition coefficient (Wildman–Crippen LogP) is -1.53. The maximum atomic E-state index is 13.0. The van der Waals surface area contributed by atoms with E-state index in [9.17, 15) is 34.4 Å². The van der Waals surface area contributed by atoms with Crippen molar-refractivity contribution >= 4 is 29.6 Å². The number of benzene rings is 1. The Morgan fingerprint density at radius 1 is 1.09 bits per heavy atom. The van der Waals surface area contributed by atoms with Gasteiger partial charge in [-0.1, -0.05) is 30.3 Å². The standard InChI is InChI=1S/C29H45N9O7/c1-35-15-10-22(11-16-35)12-17-36-19-26(41)37(20-25(36)40)18-24(39)33-23(8-5-13-32-29(30)34-38(44)45)27(42)28(43)31-14-9-21-6-3-2-4-7-21/h2-4,6-7,22-23,27,42H,5,8-20H2,1H3,(H,31,43)(H,33,39)(H3,30,32,34). The second-order valence-corrected chi connectivity index (χ2v) is 11.5. The van der Waals surface area contributed by atoms with Crippen molar-refractivity contribution in [2.75, 3.05) is 59.4 Å². The molecule has 16 nitrogen and oxygen atoms in total. The molecule has 16 heteroatoms. The van der Waals surface area contributed by atoms with Crippen LogP contribution in [-0.2, 0) is 25.6 Å². The van der Waals surface area contributed by atoms with Gasteiger partial charge in [-0.2, -0.15) is 0 Å². The summed E-state index contributed by atoms with van der Waals surface area (Å²) in [6, 6.07) is 8.41. The van der Waals surface area contributed by atoms with Gasteiger partial charge in [-0.3, -0.25) is 19.2 Å². The molecule has 0 aliphatic carbocycles. The summed E-state index contributed by atoms with van der Waals surface area (Å²) < 4.78 is 0. The van der Waals surface area contributed by atoms with Crippen LogP contribution in [0.25, 0.3) is 0 Å². The van der Waals surface area contributed by atoms with Gasteiger partial charge in [0.2, 0.25) is 17.7 Å². The van der Waals surface area contributed by atoms with Gasteiger partial charge >= 0.3 is 0 Å². The Labute approximate surface area is 262 Å². The number of nitrogens with two attached hydrogens (primary N) is 1. The quantitative estimate of drug-likeness (QED) is 0.0466. The zero-order valence-corrected chi connectivity index (χ0v) is 25.7. The minimum absolute atomic E-state index is 0.0926. The van der Waals surface area contributed by atoms with Crippen molar-refractivity contribution in [3.05, 3.63) is 46.0 Å². The Kier molecular flexibility index (Phi) is 14.0. The Bertz CT molecular complexity index is 1190. The second kappa shape index (κ2) is 17.9. The van der Waals surface area contributed by atoms with Crippen LogP contribution < -0.4 is 21.7 Å². The molecule has 1 aromatic rings. The number of hydrazone groups is 1. The van der Waals surface area contributed by atoms with Gasteiger partial charge in [0.25, 0.3) is 11.9 Å². The Balaban J connectivity index is 1.52. The van der Waals surface area contributed by atoms with Crippen LogP contribution in [0.4, 0.5) is 0 Å². The summed E-state index contributed by atoms with van der Waals surface area (Å²) in [4.78, 5) is 66.9. The number of piperazine rings is 1. The number of hydrogen-bond donors (Lipinski definition) is 5. The average molecular weight is 632 g/mol. The first-order chi connectivity index (χ1) is 21.5. The van der Waals surface area contributed by atoms with E-state index >= 15 is 0 Å². The highest BCUT2D eigenvalue weighted by atomic mass is 16.7. The SMILES string of the molecule is CN1CCC(CCN2CC(=O)N(CC(=O)NC(CCCN/C(N)=N/[N+](=O)[O-])C(O)C(=O)NCCc3ccccc3)CC2=O)CC1. The third-order valence-corrected chi connectivity index (χ3v) is 8.08. The van der Waals surface area contributed by atoms with Crippen LogP contribution in [0.3, 0.4) is 0 Å². The molecule has 0 aromatic heterocycles. The molecule has 2 saturated heterocycles. The number of hydrogen-bond acceptors (Lipinski definition) is 8. The molecule has 2 aliphatic heterocycles. The van der Waals surface area contributed by atoms with E-state index in [0.29, 0.717) is 18.9 Å². The fourth-order valence-corrected chi connectivity index (χ4v) is 5.40. The summed E-state index contributed by atoms with van der Waals surface area (Å²) in [5.41, 5.74) is 6.43. The van der Waals surface area contributed by atoms with E-state index in [0.717, 1.165) is 37.9 Å². The molecule has 6 N–H and O–H groups in total. The molecule has 4 amide bonds. The molecule has 248 valence electrons. The topological polar surface area (TPSA) is 216 Å². The van der Waals surface area contributed by atoms with Crippen molar-refractivity contribution in [2.24, 2.45) is 16.8 Å². The van der Waals surface area contributed by atoms with Gasteiger partial charge in [-0.25, -0.2) is 10.1 Å². The van der Waals surface area contributed by atoms with Crippen LogP contribution in [0.1, 0.15) is 37.7 Å². The van der Waals surface area contributed by atoms with E-state index in [1.807, 2.05) is 30.3 Å². The van der Waals surface area contributed by atoms with Gasteiger partial charge in [-0.15, -0.1) is 0 Å². The molecule has 3 rings (SSSR count). The van der Waals surface area contributed by atoms with E-state index in [1.54, 1.807) is 4.90 Å². The van der Waals surface area contributed by atoms with Gasteiger partial charge in [0.15, 0.2) is 11.1 Å². The van der Waals surface area contributed by atoms with E-state index in [1.165, 1.54) is 4.90 Å². The lowest BCUT2D eigenvalue weighted by Crippen LogP contribution is -2.58. The number of amides is 4. The number of rotatable bonds is 16. The molecular formula is C29H45N9O7. The Morgan fingerprint density at radius 3 is 2.44 bits per heavy atom. The molecule has 1 aromatic carbocycles. The molecule has 2 atom stereocenters. The average Bonchev–Trinajstić information content (AvgIpc) is 3.00. The maximum absolute atomic E-state index is 13.0. The van der Waals surface area contributed by atoms with E-state index in [2.05, 4.69) is 33.0 Å². The number of piperidine rings is 1. The van der Waals surface area contributed by atoms with E-state index in [-0.39, 0.29) is 50.8 Å². The first kappa shape index (κ1) is 35.2. The fourth-order valence-electron chi connectivity index (χ4n) is 5.40. The van der Waals surface area contributed by atoms with Gasteiger partial charge in [-0.05, 0) is 70.1 Å². The first-order valence-corrected chi connectivity index (χ1v) is 15.3. The number of aliphatic hydroxyl groups excluding tert-OH is 1. The van der Waals surface area contributed by atoms with Crippen LogP contribution in [0, 0.1) is 16.0 Å². The van der Waals surface area contributed by atoms with Crippen LogP contribution in [0.15, 0.2) is 35.4 Å². The van der Waals surface area contributed by atoms with Crippen molar-refractivity contribution < 1.29 is 29.3 Å². The third-order valence-electron chi connectivity index (χ3n) is 8.08. The van der Waals surface area contributed by atoms with Gasteiger partial charge in [0.05, 0.1) is 12.6 Å². The van der Waals surface area contributed by atoms with Gasteiger partial charge < -0.3 is 41.5 Å². The van der Waals surface area contributed by atoms with Crippen LogP contribution in [-0.4, -0.2) is 126 Å². The van der Waals surface area contributed by atoms with Gasteiger partial charge in [0, 0.05) is 19.6 Å². The molecule has 0 bridgehead atoms. The van der Waals surface area contributed by atoms with Crippen LogP contribution in [0.5, 0.6) is 0 Å². The summed E-state index contributed by atoms with van der Waals surface area (Å²) >= 11 is 0. The molecule has 2 fully saturated rings. The first-order valence-electron chi connectivity index (χ1n) is 15.3. The highest BCUT2D eigenvalue weighted by Crippen LogP contribution is 2.20. The number of likely N-dealkylation sites (tertiary alicyclic amines) is 1. The number of nitro groups is 1. The normalized spacial score (nSPS) is 18.0. The summed E-state index contributed by atoms with van der Waals surface area (Å²) in [6.45, 7) is 2.17. The second-order valence-electron chi connectivity index (χ2n) is 11.5. The number of carbonyl (C=O) groups excluding carboxylic acids is 4.